The number of ether oxygens (including phenoxy) is 1. The van der Waals surface area contributed by atoms with Gasteiger partial charge in [-0.3, -0.25) is 0 Å². The van der Waals surface area contributed by atoms with E-state index in [0.717, 1.165) is 12.1 Å². The van der Waals surface area contributed by atoms with Gasteiger partial charge in [-0.25, -0.2) is 8.78 Å². The highest BCUT2D eigenvalue weighted by Gasteiger charge is 2.10. The fraction of sp³-hybridized carbons (Fsp3) is 0.200. The summed E-state index contributed by atoms with van der Waals surface area (Å²) in [5.74, 6) is -1.19. The molecule has 0 aromatic heterocycles. The first-order valence-corrected chi connectivity index (χ1v) is 7.24. The van der Waals surface area contributed by atoms with E-state index >= 15 is 0 Å². The van der Waals surface area contributed by atoms with E-state index in [1.54, 1.807) is 18.2 Å². The summed E-state index contributed by atoms with van der Waals surface area (Å²) < 4.78 is 32.3. The zero-order chi connectivity index (χ0) is 16.1. The third kappa shape index (κ3) is 4.40. The highest BCUT2D eigenvalue weighted by Crippen LogP contribution is 2.33. The van der Waals surface area contributed by atoms with E-state index in [0.29, 0.717) is 15.9 Å². The van der Waals surface area contributed by atoms with E-state index in [4.69, 9.17) is 9.84 Å². The summed E-state index contributed by atoms with van der Waals surface area (Å²) in [6.45, 7) is -0.144. The van der Waals surface area contributed by atoms with Crippen molar-refractivity contribution < 1.29 is 23.7 Å². The molecule has 2 rings (SSSR count). The number of hydrogen-bond donors (Lipinski definition) is 3. The van der Waals surface area contributed by atoms with E-state index in [-0.39, 0.29) is 18.9 Å². The Morgan fingerprint density at radius 1 is 1.14 bits per heavy atom. The van der Waals surface area contributed by atoms with E-state index < -0.39 is 17.7 Å². The third-order valence-corrected chi connectivity index (χ3v) is 3.42. The van der Waals surface area contributed by atoms with Crippen molar-refractivity contribution in [2.24, 2.45) is 0 Å². The number of anilines is 1. The van der Waals surface area contributed by atoms with Gasteiger partial charge in [0.25, 0.3) is 0 Å². The van der Waals surface area contributed by atoms with E-state index in [2.05, 4.69) is 21.2 Å². The summed E-state index contributed by atoms with van der Waals surface area (Å²) in [7, 11) is 0. The van der Waals surface area contributed by atoms with Crippen molar-refractivity contribution in [3.8, 4) is 11.5 Å². The van der Waals surface area contributed by atoms with Gasteiger partial charge in [-0.1, -0.05) is 0 Å². The van der Waals surface area contributed by atoms with Crippen LogP contribution in [0.4, 0.5) is 14.5 Å². The molecule has 4 nitrogen and oxygen atoms in total. The number of aliphatic hydroxyl groups is 2. The quantitative estimate of drug-likeness (QED) is 0.726. The molecule has 0 heterocycles. The van der Waals surface area contributed by atoms with Crippen molar-refractivity contribution in [1.29, 1.82) is 0 Å². The van der Waals surface area contributed by atoms with E-state index in [9.17, 15) is 13.9 Å². The molecule has 0 saturated heterocycles. The van der Waals surface area contributed by atoms with Crippen LogP contribution in [0.25, 0.3) is 0 Å². The molecule has 0 spiro atoms. The normalized spacial score (nSPS) is 12.0. The Bertz CT molecular complexity index is 655. The molecule has 3 N–H and O–H groups in total. The fourth-order valence-electron chi connectivity index (χ4n) is 1.67. The lowest BCUT2D eigenvalue weighted by Crippen LogP contribution is -2.22. The van der Waals surface area contributed by atoms with Gasteiger partial charge in [0, 0.05) is 18.3 Å². The summed E-state index contributed by atoms with van der Waals surface area (Å²) in [6, 6.07) is 8.02. The van der Waals surface area contributed by atoms with Crippen LogP contribution in [0.5, 0.6) is 11.5 Å². The molecule has 7 heteroatoms. The first-order valence-electron chi connectivity index (χ1n) is 6.45. The fourth-order valence-corrected chi connectivity index (χ4v) is 2.13. The summed E-state index contributed by atoms with van der Waals surface area (Å²) in [4.78, 5) is 0. The number of rotatable bonds is 6. The minimum absolute atomic E-state index is 0.0847. The molecule has 0 aliphatic carbocycles. The molecular formula is C15H14BrF2NO3. The number of aliphatic hydroxyl groups excluding tert-OH is 2. The van der Waals surface area contributed by atoms with Gasteiger partial charge in [0.05, 0.1) is 17.2 Å². The molecular weight excluding hydrogens is 360 g/mol. The standard InChI is InChI=1S/C15H14BrF2NO3/c16-12-6-10(19-7-11(21)8-20)2-4-14(12)22-15-3-1-9(17)5-13(15)18/h1-6,11,19-21H,7-8H2. The molecule has 2 aromatic rings. The molecule has 22 heavy (non-hydrogen) atoms. The van der Waals surface area contributed by atoms with Gasteiger partial charge in [-0.15, -0.1) is 0 Å². The van der Waals surface area contributed by atoms with Crippen LogP contribution in [-0.2, 0) is 0 Å². The molecule has 0 aliphatic rings. The Morgan fingerprint density at radius 2 is 1.86 bits per heavy atom. The topological polar surface area (TPSA) is 61.7 Å². The van der Waals surface area contributed by atoms with Crippen molar-refractivity contribution in [3.63, 3.8) is 0 Å². The van der Waals surface area contributed by atoms with Crippen LogP contribution in [0.15, 0.2) is 40.9 Å². The van der Waals surface area contributed by atoms with Gasteiger partial charge in [-0.05, 0) is 46.3 Å². The minimum atomic E-state index is -0.858. The van der Waals surface area contributed by atoms with Gasteiger partial charge < -0.3 is 20.3 Å². The monoisotopic (exact) mass is 373 g/mol. The van der Waals surface area contributed by atoms with E-state index in [1.165, 1.54) is 6.07 Å². The maximum absolute atomic E-state index is 13.6. The maximum Gasteiger partial charge on any atom is 0.168 e. The van der Waals surface area contributed by atoms with Crippen molar-refractivity contribution in [1.82, 2.24) is 0 Å². The van der Waals surface area contributed by atoms with E-state index in [1.807, 2.05) is 0 Å². The Labute approximate surface area is 134 Å². The summed E-state index contributed by atoms with van der Waals surface area (Å²) in [5.41, 5.74) is 0.686. The van der Waals surface area contributed by atoms with Crippen molar-refractivity contribution in [2.45, 2.75) is 6.10 Å². The van der Waals surface area contributed by atoms with Gasteiger partial charge in [-0.2, -0.15) is 0 Å². The lowest BCUT2D eigenvalue weighted by atomic mass is 10.2. The molecule has 0 aliphatic heterocycles. The van der Waals surface area contributed by atoms with Crippen molar-refractivity contribution in [2.75, 3.05) is 18.5 Å². The number of nitrogens with one attached hydrogen (secondary N) is 1. The van der Waals surface area contributed by atoms with Gasteiger partial charge in [0.1, 0.15) is 11.6 Å². The molecule has 0 saturated carbocycles. The predicted octanol–water partition coefficient (Wildman–Crippen LogP) is 3.28. The lowest BCUT2D eigenvalue weighted by Gasteiger charge is -2.13. The average Bonchev–Trinajstić information content (AvgIpc) is 2.49. The highest BCUT2D eigenvalue weighted by atomic mass is 79.9. The number of benzene rings is 2. The highest BCUT2D eigenvalue weighted by molar-refractivity contribution is 9.10. The zero-order valence-electron chi connectivity index (χ0n) is 11.4. The zero-order valence-corrected chi connectivity index (χ0v) is 13.0. The Hall–Kier alpha value is -1.70. The Balaban J connectivity index is 2.09. The predicted molar refractivity (Wildman–Crippen MR) is 82.2 cm³/mol. The Kier molecular flexibility index (Phi) is 5.70. The Morgan fingerprint density at radius 3 is 2.50 bits per heavy atom. The first kappa shape index (κ1) is 16.7. The number of halogens is 3. The molecule has 118 valence electrons. The smallest absolute Gasteiger partial charge is 0.168 e. The van der Waals surface area contributed by atoms with Crippen LogP contribution in [0, 0.1) is 11.6 Å². The molecule has 0 fully saturated rings. The molecule has 2 aromatic carbocycles. The molecule has 1 unspecified atom stereocenters. The number of hydrogen-bond acceptors (Lipinski definition) is 4. The van der Waals surface area contributed by atoms with Crippen LogP contribution in [0.1, 0.15) is 0 Å². The summed E-state index contributed by atoms with van der Waals surface area (Å²) >= 11 is 3.29. The van der Waals surface area contributed by atoms with Crippen LogP contribution in [0.2, 0.25) is 0 Å². The van der Waals surface area contributed by atoms with Crippen molar-refractivity contribution in [3.05, 3.63) is 52.5 Å². The summed E-state index contributed by atoms with van der Waals surface area (Å²) in [5, 5.41) is 20.9. The molecule has 0 bridgehead atoms. The van der Waals surface area contributed by atoms with Crippen molar-refractivity contribution >= 4 is 21.6 Å². The second-order valence-electron chi connectivity index (χ2n) is 4.54. The second-order valence-corrected chi connectivity index (χ2v) is 5.39. The molecule has 0 radical (unpaired) electrons. The molecule has 0 amide bonds. The van der Waals surface area contributed by atoms with Crippen LogP contribution in [0.3, 0.4) is 0 Å². The van der Waals surface area contributed by atoms with Gasteiger partial charge >= 0.3 is 0 Å². The van der Waals surface area contributed by atoms with Crippen LogP contribution < -0.4 is 10.1 Å². The van der Waals surface area contributed by atoms with Gasteiger partial charge in [0.15, 0.2) is 11.6 Å². The first-order chi connectivity index (χ1) is 10.5. The largest absolute Gasteiger partial charge is 0.453 e. The van der Waals surface area contributed by atoms with Gasteiger partial charge in [0.2, 0.25) is 0 Å². The second kappa shape index (κ2) is 7.53. The third-order valence-electron chi connectivity index (χ3n) is 2.80. The molecule has 1 atom stereocenters. The lowest BCUT2D eigenvalue weighted by molar-refractivity contribution is 0.105. The SMILES string of the molecule is OCC(O)CNc1ccc(Oc2ccc(F)cc2F)c(Br)c1. The maximum atomic E-state index is 13.6. The van der Waals surface area contributed by atoms with Crippen LogP contribution >= 0.6 is 15.9 Å². The van der Waals surface area contributed by atoms with Crippen LogP contribution in [-0.4, -0.2) is 29.5 Å². The average molecular weight is 374 g/mol. The minimum Gasteiger partial charge on any atom is -0.453 e. The summed E-state index contributed by atoms with van der Waals surface area (Å²) in [6.07, 6.45) is -0.858.